The average molecular weight is 340 g/mol. The molecule has 0 aliphatic carbocycles. The van der Waals surface area contributed by atoms with Crippen LogP contribution in [0.3, 0.4) is 0 Å². The van der Waals surface area contributed by atoms with Crippen LogP contribution in [0.25, 0.3) is 0 Å². The maximum absolute atomic E-state index is 9.10. The second-order valence-electron chi connectivity index (χ2n) is 2.01. The first-order valence-corrected chi connectivity index (χ1v) is 5.08. The Kier molecular flexibility index (Phi) is 18.2. The molecule has 0 heterocycles. The van der Waals surface area contributed by atoms with Gasteiger partial charge in [-0.1, -0.05) is 0 Å². The van der Waals surface area contributed by atoms with Crippen LogP contribution < -0.4 is 0 Å². The Labute approximate surface area is 115 Å². The number of carbonyl (C=O) groups is 4. The Bertz CT molecular complexity index is 376. The number of hydrogen-bond acceptors (Lipinski definition) is 9. The minimum atomic E-state index is -4.67. The molecule has 0 rings (SSSR count). The normalized spacial score (nSPS) is 8.24. The largest absolute Gasteiger partial charge is 0.631 e. The Morgan fingerprint density at radius 2 is 0.667 bits per heavy atom. The van der Waals surface area contributed by atoms with E-state index < -0.39 is 41.6 Å². The average Bonchev–Trinajstić information content (AvgIpc) is 2.14. The molecule has 0 aliphatic heterocycles. The molecule has 0 aromatic heterocycles. The number of carboxylic acids is 4. The highest BCUT2D eigenvalue weighted by Crippen LogP contribution is 1.59. The molecule has 124 valence electrons. The van der Waals surface area contributed by atoms with Crippen molar-refractivity contribution >= 4 is 41.6 Å². The van der Waals surface area contributed by atoms with Gasteiger partial charge in [0.05, 0.1) is 0 Å². The third kappa shape index (κ3) is 134. The monoisotopic (exact) mass is 340 g/mol. The van der Waals surface area contributed by atoms with Crippen LogP contribution in [0.5, 0.6) is 0 Å². The fourth-order valence-electron chi connectivity index (χ4n) is 0. The smallest absolute Gasteiger partial charge is 0.473 e. The molecular formula is C4H9BO15S. The van der Waals surface area contributed by atoms with Crippen molar-refractivity contribution < 1.29 is 72.2 Å². The molecule has 0 bridgehead atoms. The van der Waals surface area contributed by atoms with Gasteiger partial charge in [-0.15, -0.1) is 0 Å². The maximum Gasteiger partial charge on any atom is 0.631 e. The Balaban J connectivity index is -0.0000000929. The number of carboxylic acid groups (broad SMARTS) is 4. The van der Waals surface area contributed by atoms with Gasteiger partial charge in [-0.25, -0.2) is 19.2 Å². The fourth-order valence-corrected chi connectivity index (χ4v) is 0. The van der Waals surface area contributed by atoms with Gasteiger partial charge >= 0.3 is 41.6 Å². The second kappa shape index (κ2) is 14.1. The third-order valence-corrected chi connectivity index (χ3v) is 0.366. The van der Waals surface area contributed by atoms with Gasteiger partial charge < -0.3 is 35.5 Å². The van der Waals surface area contributed by atoms with Crippen molar-refractivity contribution in [1.82, 2.24) is 0 Å². The SMILES string of the molecule is O=C(O)C(=O)O.O=C(O)C(=O)O.O=S(=O)(O)O.OB(O)O. The topological polar surface area (TPSA) is 284 Å². The van der Waals surface area contributed by atoms with Crippen molar-refractivity contribution in [3.05, 3.63) is 0 Å². The van der Waals surface area contributed by atoms with Crippen LogP contribution in [0.1, 0.15) is 0 Å². The van der Waals surface area contributed by atoms with Crippen LogP contribution in [-0.4, -0.2) is 84.2 Å². The zero-order chi connectivity index (χ0) is 18.4. The second-order valence-corrected chi connectivity index (χ2v) is 2.91. The van der Waals surface area contributed by atoms with Gasteiger partial charge in [0, 0.05) is 0 Å². The summed E-state index contributed by atoms with van der Waals surface area (Å²) in [5.41, 5.74) is 0. The van der Waals surface area contributed by atoms with Gasteiger partial charge in [0.1, 0.15) is 0 Å². The lowest BCUT2D eigenvalue weighted by Gasteiger charge is -1.72. The van der Waals surface area contributed by atoms with Gasteiger partial charge in [0.25, 0.3) is 0 Å². The summed E-state index contributed by atoms with van der Waals surface area (Å²) in [6.07, 6.45) is 0. The zero-order valence-corrected chi connectivity index (χ0v) is 10.3. The van der Waals surface area contributed by atoms with E-state index >= 15 is 0 Å². The van der Waals surface area contributed by atoms with Crippen molar-refractivity contribution in [1.29, 1.82) is 0 Å². The van der Waals surface area contributed by atoms with E-state index in [1.165, 1.54) is 0 Å². The predicted octanol–water partition coefficient (Wildman–Crippen LogP) is -4.39. The van der Waals surface area contributed by atoms with Crippen molar-refractivity contribution in [2.45, 2.75) is 0 Å². The van der Waals surface area contributed by atoms with Crippen LogP contribution in [0.2, 0.25) is 0 Å². The molecule has 0 aromatic rings. The first-order chi connectivity index (χ1) is 9.02. The molecule has 21 heavy (non-hydrogen) atoms. The highest BCUT2D eigenvalue weighted by atomic mass is 32.3. The molecule has 0 atom stereocenters. The van der Waals surface area contributed by atoms with E-state index in [1.54, 1.807) is 0 Å². The fraction of sp³-hybridized carbons (Fsp3) is 0. The summed E-state index contributed by atoms with van der Waals surface area (Å²) in [7, 11) is -6.83. The number of hydrogen-bond donors (Lipinski definition) is 9. The lowest BCUT2D eigenvalue weighted by atomic mass is 10.3. The van der Waals surface area contributed by atoms with Gasteiger partial charge in [-0.05, 0) is 0 Å². The summed E-state index contributed by atoms with van der Waals surface area (Å²) in [5.74, 6) is -7.30. The molecule has 17 heteroatoms. The highest BCUT2D eigenvalue weighted by Gasteiger charge is 2.04. The standard InChI is InChI=1S/2C2H2O4.BH3O3.H2O4S/c2*3-1(4)2(5)6;2-1(3)4;1-5(2,3)4/h2*(H,3,4)(H,5,6);2-4H;(H2,1,2,3,4). The van der Waals surface area contributed by atoms with Gasteiger partial charge in [0.15, 0.2) is 0 Å². The van der Waals surface area contributed by atoms with E-state index in [0.717, 1.165) is 0 Å². The van der Waals surface area contributed by atoms with Crippen molar-refractivity contribution in [3.63, 3.8) is 0 Å². The summed E-state index contributed by atoms with van der Waals surface area (Å²) in [6.45, 7) is 0. The van der Waals surface area contributed by atoms with Crippen molar-refractivity contribution in [2.24, 2.45) is 0 Å². The van der Waals surface area contributed by atoms with Gasteiger partial charge in [-0.2, -0.15) is 8.42 Å². The van der Waals surface area contributed by atoms with Gasteiger partial charge in [0.2, 0.25) is 0 Å². The van der Waals surface area contributed by atoms with Crippen molar-refractivity contribution in [3.8, 4) is 0 Å². The Morgan fingerprint density at radius 1 is 0.619 bits per heavy atom. The lowest BCUT2D eigenvalue weighted by Crippen LogP contribution is -2.09. The first-order valence-electron chi connectivity index (χ1n) is 3.68. The summed E-state index contributed by atoms with van der Waals surface area (Å²) in [4.78, 5) is 36.4. The summed E-state index contributed by atoms with van der Waals surface area (Å²) in [5, 5.41) is 51.1. The molecule has 0 unspecified atom stereocenters. The van der Waals surface area contributed by atoms with E-state index in [9.17, 15) is 0 Å². The zero-order valence-electron chi connectivity index (χ0n) is 9.46. The molecule has 0 amide bonds. The first kappa shape index (κ1) is 27.1. The molecular weight excluding hydrogens is 331 g/mol. The number of aliphatic carboxylic acids is 4. The molecule has 0 saturated carbocycles. The molecule has 0 spiro atoms. The maximum atomic E-state index is 9.10. The van der Waals surface area contributed by atoms with Crippen LogP contribution in [0.4, 0.5) is 0 Å². The molecule has 0 saturated heterocycles. The molecule has 15 nitrogen and oxygen atoms in total. The van der Waals surface area contributed by atoms with E-state index in [-0.39, 0.29) is 0 Å². The van der Waals surface area contributed by atoms with Crippen LogP contribution in [0.15, 0.2) is 0 Å². The Morgan fingerprint density at radius 3 is 0.667 bits per heavy atom. The predicted molar refractivity (Wildman–Crippen MR) is 57.1 cm³/mol. The summed E-state index contributed by atoms with van der Waals surface area (Å²) in [6, 6.07) is 0. The van der Waals surface area contributed by atoms with Crippen LogP contribution in [0, 0.1) is 0 Å². The number of rotatable bonds is 0. The van der Waals surface area contributed by atoms with E-state index in [2.05, 4.69) is 0 Å². The molecule has 0 fully saturated rings. The molecule has 0 aliphatic rings. The Hall–Kier alpha value is -2.31. The van der Waals surface area contributed by atoms with Crippen LogP contribution in [-0.2, 0) is 29.6 Å². The lowest BCUT2D eigenvalue weighted by molar-refractivity contribution is -0.159. The minimum Gasteiger partial charge on any atom is -0.473 e. The van der Waals surface area contributed by atoms with E-state index in [1.807, 2.05) is 0 Å². The molecule has 0 radical (unpaired) electrons. The van der Waals surface area contributed by atoms with E-state index in [4.69, 9.17) is 72.2 Å². The van der Waals surface area contributed by atoms with Crippen molar-refractivity contribution in [2.75, 3.05) is 0 Å². The van der Waals surface area contributed by atoms with E-state index in [0.29, 0.717) is 0 Å². The highest BCUT2D eigenvalue weighted by molar-refractivity contribution is 7.79. The third-order valence-electron chi connectivity index (χ3n) is 0.366. The minimum absolute atomic E-state index is 1.82. The molecule has 9 N–H and O–H groups in total. The van der Waals surface area contributed by atoms with Gasteiger partial charge in [-0.3, -0.25) is 9.11 Å². The summed E-state index contributed by atoms with van der Waals surface area (Å²) >= 11 is 0. The summed E-state index contributed by atoms with van der Waals surface area (Å²) < 4.78 is 31.6. The quantitative estimate of drug-likeness (QED) is 0.114. The van der Waals surface area contributed by atoms with Crippen LogP contribution >= 0.6 is 0 Å². The molecule has 0 aromatic carbocycles.